The lowest BCUT2D eigenvalue weighted by Crippen LogP contribution is -2.37. The van der Waals surface area contributed by atoms with Crippen LogP contribution in [0.15, 0.2) is 24.3 Å². The van der Waals surface area contributed by atoms with Crippen molar-refractivity contribution in [2.75, 3.05) is 6.26 Å². The summed E-state index contributed by atoms with van der Waals surface area (Å²) in [7, 11) is 0. The van der Waals surface area contributed by atoms with Crippen LogP contribution in [0.1, 0.15) is 50.8 Å². The number of thioether (sulfide) groups is 1. The van der Waals surface area contributed by atoms with Crippen LogP contribution in [0.3, 0.4) is 0 Å². The monoisotopic (exact) mass is 345 g/mol. The van der Waals surface area contributed by atoms with E-state index in [9.17, 15) is 4.79 Å². The van der Waals surface area contributed by atoms with E-state index in [1.807, 2.05) is 18.2 Å². The van der Waals surface area contributed by atoms with Crippen molar-refractivity contribution >= 4 is 28.7 Å². The van der Waals surface area contributed by atoms with Crippen LogP contribution in [0.4, 0.5) is 0 Å². The molecule has 5 heteroatoms. The lowest BCUT2D eigenvalue weighted by molar-refractivity contribution is -0.122. The minimum atomic E-state index is 0.117. The van der Waals surface area contributed by atoms with Gasteiger partial charge in [-0.05, 0) is 31.2 Å². The molecule has 1 amide bonds. The van der Waals surface area contributed by atoms with Gasteiger partial charge in [-0.3, -0.25) is 4.79 Å². The Morgan fingerprint density at radius 2 is 1.92 bits per heavy atom. The number of hydrogen-bond acceptors (Lipinski definition) is 3. The van der Waals surface area contributed by atoms with Gasteiger partial charge in [-0.25, -0.2) is 4.98 Å². The van der Waals surface area contributed by atoms with Crippen LogP contribution in [0.2, 0.25) is 0 Å². The van der Waals surface area contributed by atoms with E-state index in [2.05, 4.69) is 22.2 Å². The minimum Gasteiger partial charge on any atom is -0.352 e. The van der Waals surface area contributed by atoms with Gasteiger partial charge in [-0.15, -0.1) is 0 Å². The molecule has 4 nitrogen and oxygen atoms in total. The number of hydrogen-bond donors (Lipinski definition) is 1. The second kappa shape index (κ2) is 8.56. The third-order valence-electron chi connectivity index (χ3n) is 4.78. The molecule has 3 rings (SSSR count). The molecule has 1 aliphatic rings. The van der Waals surface area contributed by atoms with Gasteiger partial charge in [-0.1, -0.05) is 44.2 Å². The Balaban J connectivity index is 1.71. The van der Waals surface area contributed by atoms with Gasteiger partial charge in [-0.2, -0.15) is 11.8 Å². The summed E-state index contributed by atoms with van der Waals surface area (Å²) in [4.78, 5) is 17.3. The molecule has 1 fully saturated rings. The molecule has 1 aromatic carbocycles. The van der Waals surface area contributed by atoms with Crippen LogP contribution in [-0.4, -0.2) is 27.8 Å². The fourth-order valence-corrected chi connectivity index (χ4v) is 4.04. The molecule has 1 heterocycles. The number of carbonyl (C=O) groups is 1. The molecule has 0 atom stereocenters. The number of para-hydroxylation sites is 2. The van der Waals surface area contributed by atoms with Crippen molar-refractivity contribution in [2.24, 2.45) is 0 Å². The van der Waals surface area contributed by atoms with Crippen LogP contribution >= 0.6 is 11.8 Å². The number of nitrogens with zero attached hydrogens (tertiary/aromatic N) is 2. The molecule has 0 aliphatic heterocycles. The zero-order chi connectivity index (χ0) is 16.8. The van der Waals surface area contributed by atoms with E-state index in [0.29, 0.717) is 12.6 Å². The molecule has 0 unspecified atom stereocenters. The van der Waals surface area contributed by atoms with Crippen molar-refractivity contribution in [1.29, 1.82) is 0 Å². The number of benzene rings is 1. The van der Waals surface area contributed by atoms with Crippen molar-refractivity contribution < 1.29 is 4.79 Å². The van der Waals surface area contributed by atoms with Crippen molar-refractivity contribution in [1.82, 2.24) is 14.9 Å². The highest BCUT2D eigenvalue weighted by molar-refractivity contribution is 7.97. The first-order valence-corrected chi connectivity index (χ1v) is 10.4. The zero-order valence-electron chi connectivity index (χ0n) is 14.5. The van der Waals surface area contributed by atoms with Crippen LogP contribution in [0.5, 0.6) is 0 Å². The number of fused-ring (bicyclic) bond motifs is 1. The minimum absolute atomic E-state index is 0.117. The van der Waals surface area contributed by atoms with Gasteiger partial charge >= 0.3 is 0 Å². The molecule has 1 saturated carbocycles. The van der Waals surface area contributed by atoms with Gasteiger partial charge in [0.15, 0.2) is 0 Å². The molecule has 1 N–H and O–H groups in total. The smallest absolute Gasteiger partial charge is 0.240 e. The maximum absolute atomic E-state index is 12.6. The SMILES string of the molecule is CSCc1nc2ccccc2n1CC(=O)NC1CCCCCCC1. The second-order valence-corrected chi connectivity index (χ2v) is 7.51. The number of nitrogens with one attached hydrogen (secondary N) is 1. The number of rotatable bonds is 5. The summed E-state index contributed by atoms with van der Waals surface area (Å²) in [6, 6.07) is 8.42. The maximum Gasteiger partial charge on any atom is 0.240 e. The fourth-order valence-electron chi connectivity index (χ4n) is 3.56. The van der Waals surface area contributed by atoms with Gasteiger partial charge in [0.25, 0.3) is 0 Å². The fraction of sp³-hybridized carbons (Fsp3) is 0.579. The Hall–Kier alpha value is -1.49. The summed E-state index contributed by atoms with van der Waals surface area (Å²) in [6.45, 7) is 0.368. The highest BCUT2D eigenvalue weighted by Gasteiger charge is 2.17. The van der Waals surface area contributed by atoms with Gasteiger partial charge in [0.05, 0.1) is 16.8 Å². The van der Waals surface area contributed by atoms with Crippen LogP contribution in [0.25, 0.3) is 11.0 Å². The highest BCUT2D eigenvalue weighted by Crippen LogP contribution is 2.20. The largest absolute Gasteiger partial charge is 0.352 e. The third kappa shape index (κ3) is 4.32. The zero-order valence-corrected chi connectivity index (χ0v) is 15.3. The van der Waals surface area contributed by atoms with E-state index in [1.165, 1.54) is 32.1 Å². The van der Waals surface area contributed by atoms with E-state index in [-0.39, 0.29) is 5.91 Å². The van der Waals surface area contributed by atoms with E-state index >= 15 is 0 Å². The average Bonchev–Trinajstić information content (AvgIpc) is 2.88. The van der Waals surface area contributed by atoms with E-state index < -0.39 is 0 Å². The van der Waals surface area contributed by atoms with E-state index in [1.54, 1.807) is 11.8 Å². The normalized spacial score (nSPS) is 16.7. The molecule has 0 spiro atoms. The summed E-state index contributed by atoms with van der Waals surface area (Å²) < 4.78 is 2.07. The molecule has 1 aromatic heterocycles. The first-order chi connectivity index (χ1) is 11.8. The maximum atomic E-state index is 12.6. The quantitative estimate of drug-likeness (QED) is 0.886. The van der Waals surface area contributed by atoms with Crippen LogP contribution in [0, 0.1) is 0 Å². The molecule has 0 bridgehead atoms. The van der Waals surface area contributed by atoms with E-state index in [4.69, 9.17) is 4.98 Å². The van der Waals surface area contributed by atoms with Gasteiger partial charge in [0.2, 0.25) is 5.91 Å². The molecule has 130 valence electrons. The Kier molecular flexibility index (Phi) is 6.18. The number of imidazole rings is 1. The Morgan fingerprint density at radius 3 is 2.67 bits per heavy atom. The first-order valence-electron chi connectivity index (χ1n) is 9.00. The summed E-state index contributed by atoms with van der Waals surface area (Å²) in [5.41, 5.74) is 2.02. The molecule has 1 aliphatic carbocycles. The predicted octanol–water partition coefficient (Wildman–Crippen LogP) is 4.13. The molecule has 0 saturated heterocycles. The summed E-state index contributed by atoms with van der Waals surface area (Å²) in [6.07, 6.45) is 10.7. The summed E-state index contributed by atoms with van der Waals surface area (Å²) in [5.74, 6) is 1.92. The van der Waals surface area contributed by atoms with Crippen molar-refractivity contribution in [3.8, 4) is 0 Å². The Morgan fingerprint density at radius 1 is 1.21 bits per heavy atom. The second-order valence-electron chi connectivity index (χ2n) is 6.65. The molecular formula is C19H27N3OS. The topological polar surface area (TPSA) is 46.9 Å². The average molecular weight is 346 g/mol. The van der Waals surface area contributed by atoms with Crippen molar-refractivity contribution in [3.05, 3.63) is 30.1 Å². The van der Waals surface area contributed by atoms with Gasteiger partial charge in [0, 0.05) is 6.04 Å². The Bertz CT molecular complexity index is 674. The van der Waals surface area contributed by atoms with Crippen LogP contribution < -0.4 is 5.32 Å². The predicted molar refractivity (Wildman–Crippen MR) is 101 cm³/mol. The Labute approximate surface area is 148 Å². The van der Waals surface area contributed by atoms with Crippen LogP contribution in [-0.2, 0) is 17.1 Å². The van der Waals surface area contributed by atoms with Gasteiger partial charge in [0.1, 0.15) is 12.4 Å². The molecule has 0 radical (unpaired) electrons. The molecule has 2 aromatic rings. The lowest BCUT2D eigenvalue weighted by Gasteiger charge is -2.21. The first kappa shape index (κ1) is 17.3. The van der Waals surface area contributed by atoms with E-state index in [0.717, 1.165) is 35.5 Å². The highest BCUT2D eigenvalue weighted by atomic mass is 32.2. The van der Waals surface area contributed by atoms with Crippen molar-refractivity contribution in [2.45, 2.75) is 63.3 Å². The lowest BCUT2D eigenvalue weighted by atomic mass is 9.97. The summed E-state index contributed by atoms with van der Waals surface area (Å²) >= 11 is 1.74. The van der Waals surface area contributed by atoms with Gasteiger partial charge < -0.3 is 9.88 Å². The number of amides is 1. The number of aromatic nitrogens is 2. The summed E-state index contributed by atoms with van der Waals surface area (Å²) in [5, 5.41) is 3.26. The standard InChI is InChI=1S/C19H27N3OS/c1-24-14-18-21-16-11-7-8-12-17(16)22(18)13-19(23)20-15-9-5-3-2-4-6-10-15/h7-8,11-12,15H,2-6,9-10,13-14H2,1H3,(H,20,23). The van der Waals surface area contributed by atoms with Crippen molar-refractivity contribution in [3.63, 3.8) is 0 Å². The molecule has 24 heavy (non-hydrogen) atoms. The third-order valence-corrected chi connectivity index (χ3v) is 5.33. The molecular weight excluding hydrogens is 318 g/mol. The number of carbonyl (C=O) groups excluding carboxylic acids is 1.